The number of nitrogens with zero attached hydrogens (tertiary/aromatic N) is 6. The predicted octanol–water partition coefficient (Wildman–Crippen LogP) is 15.8. The molecule has 69 heavy (non-hydrogen) atoms. The van der Waals surface area contributed by atoms with E-state index in [2.05, 4.69) is 233 Å². The highest BCUT2D eigenvalue weighted by Gasteiger charge is 2.27. The van der Waals surface area contributed by atoms with Crippen molar-refractivity contribution >= 4 is 60.0 Å². The fourth-order valence-corrected chi connectivity index (χ4v) is 10.7. The van der Waals surface area contributed by atoms with Crippen LogP contribution >= 0.6 is 0 Å². The molecule has 0 saturated heterocycles. The quantitative estimate of drug-likeness (QED) is 0.150. The molecule has 0 aliphatic carbocycles. The third-order valence-electron chi connectivity index (χ3n) is 13.7. The van der Waals surface area contributed by atoms with Gasteiger partial charge in [0, 0.05) is 62.8 Å². The third kappa shape index (κ3) is 6.16. The van der Waals surface area contributed by atoms with Crippen molar-refractivity contribution in [3.05, 3.63) is 243 Å². The Morgan fingerprint density at radius 3 is 1.75 bits per heavy atom. The first-order chi connectivity index (χ1) is 34.2. The summed E-state index contributed by atoms with van der Waals surface area (Å²) in [5.41, 5.74) is 15.3. The van der Waals surface area contributed by atoms with Gasteiger partial charge in [-0.2, -0.15) is 0 Å². The third-order valence-corrected chi connectivity index (χ3v) is 13.7. The summed E-state index contributed by atoms with van der Waals surface area (Å²) >= 11 is 0. The van der Waals surface area contributed by atoms with Crippen LogP contribution in [0.1, 0.15) is 0 Å². The molecule has 6 nitrogen and oxygen atoms in total. The van der Waals surface area contributed by atoms with Gasteiger partial charge in [0.25, 0.3) is 0 Å². The molecule has 10 aromatic carbocycles. The summed E-state index contributed by atoms with van der Waals surface area (Å²) in [4.78, 5) is 14.5. The number of hydrogen-bond acceptors (Lipinski definition) is 3. The molecule has 0 unspecified atom stereocenters. The van der Waals surface area contributed by atoms with E-state index in [0.29, 0.717) is 5.78 Å². The lowest BCUT2D eigenvalue weighted by atomic mass is 9.87. The van der Waals surface area contributed by atoms with Gasteiger partial charge >= 0.3 is 0 Å². The number of imidazole rings is 2. The maximum absolute atomic E-state index is 5.23. The molecule has 0 fully saturated rings. The molecule has 6 heteroatoms. The lowest BCUT2D eigenvalue weighted by Gasteiger charge is -2.17. The molecule has 14 aromatic rings. The lowest BCUT2D eigenvalue weighted by molar-refractivity contribution is 1.10. The van der Waals surface area contributed by atoms with Gasteiger partial charge in [-0.05, 0) is 104 Å². The zero-order valence-electron chi connectivity index (χ0n) is 37.3. The van der Waals surface area contributed by atoms with Gasteiger partial charge in [0.05, 0.1) is 27.9 Å². The van der Waals surface area contributed by atoms with Gasteiger partial charge in [-0.15, -0.1) is 0 Å². The Labute approximate surface area is 397 Å². The largest absolute Gasteiger partial charge is 0.308 e. The molecule has 14 rings (SSSR count). The Morgan fingerprint density at radius 2 is 1.00 bits per heavy atom. The summed E-state index contributed by atoms with van der Waals surface area (Å²) in [5, 5.41) is 8.47. The van der Waals surface area contributed by atoms with Crippen molar-refractivity contribution in [1.82, 2.24) is 28.5 Å². The molecular formula is C63H40N6. The standard InChI is InChI=1S/C63H40N6/c1-4-17-43(18-5-1)57-59-58-50-25-12-10-23-48(50)52(41-29-31-42(32-30-41)55-40-67-38-16-37-64-63(67)66-55)39-53(58)49-24-11-13-26-51(49)61(59)69(60(57)44-19-6-2-7-20-44)47-35-33-45(34-36-47)62-65-54-27-14-15-28-56(54)68(62)46-21-8-3-9-22-46/h1-40H. The van der Waals surface area contributed by atoms with Gasteiger partial charge in [-0.3, -0.25) is 8.97 Å². The highest BCUT2D eigenvalue weighted by Crippen LogP contribution is 2.51. The second-order valence-corrected chi connectivity index (χ2v) is 17.6. The number of aromatic nitrogens is 6. The second-order valence-electron chi connectivity index (χ2n) is 17.6. The van der Waals surface area contributed by atoms with Crippen molar-refractivity contribution in [2.45, 2.75) is 0 Å². The Kier molecular flexibility index (Phi) is 8.79. The minimum Gasteiger partial charge on any atom is -0.308 e. The predicted molar refractivity (Wildman–Crippen MR) is 284 cm³/mol. The SMILES string of the molecule is c1ccc(-c2c(-c3ccccc3)n(-c3ccc(-c4nc5ccccc5n4-c4ccccc4)cc3)c3c4ccccc4c4cc(-c5ccc(-c6cn7cccnc7n6)cc5)c5ccccc5c4c23)cc1. The van der Waals surface area contributed by atoms with Crippen LogP contribution in [-0.2, 0) is 0 Å². The van der Waals surface area contributed by atoms with E-state index < -0.39 is 0 Å². The van der Waals surface area contributed by atoms with Crippen molar-refractivity contribution in [2.75, 3.05) is 0 Å². The fourth-order valence-electron chi connectivity index (χ4n) is 10.7. The molecule has 0 amide bonds. The summed E-state index contributed by atoms with van der Waals surface area (Å²) in [6, 6.07) is 80.9. The van der Waals surface area contributed by atoms with E-state index in [1.807, 2.05) is 22.9 Å². The highest BCUT2D eigenvalue weighted by atomic mass is 15.1. The van der Waals surface area contributed by atoms with Crippen molar-refractivity contribution in [1.29, 1.82) is 0 Å². The van der Waals surface area contributed by atoms with Crippen LogP contribution in [0.5, 0.6) is 0 Å². The fraction of sp³-hybridized carbons (Fsp3) is 0. The molecule has 0 saturated carbocycles. The Morgan fingerprint density at radius 1 is 0.391 bits per heavy atom. The minimum absolute atomic E-state index is 0.687. The zero-order chi connectivity index (χ0) is 45.4. The van der Waals surface area contributed by atoms with E-state index in [1.165, 1.54) is 54.3 Å². The van der Waals surface area contributed by atoms with E-state index in [4.69, 9.17) is 9.97 Å². The number of para-hydroxylation sites is 3. The smallest absolute Gasteiger partial charge is 0.234 e. The first-order valence-electron chi connectivity index (χ1n) is 23.3. The molecule has 0 spiro atoms. The molecule has 0 aliphatic heterocycles. The van der Waals surface area contributed by atoms with Crippen molar-refractivity contribution in [3.8, 4) is 67.5 Å². The molecule has 0 radical (unpaired) electrons. The van der Waals surface area contributed by atoms with Gasteiger partial charge in [0.2, 0.25) is 5.78 Å². The monoisotopic (exact) mass is 880 g/mol. The van der Waals surface area contributed by atoms with Crippen LogP contribution in [-0.4, -0.2) is 28.5 Å². The van der Waals surface area contributed by atoms with Crippen LogP contribution < -0.4 is 0 Å². The van der Waals surface area contributed by atoms with Crippen LogP contribution in [0.4, 0.5) is 0 Å². The number of hydrogen-bond donors (Lipinski definition) is 0. The molecular weight excluding hydrogens is 841 g/mol. The lowest BCUT2D eigenvalue weighted by Crippen LogP contribution is -2.00. The summed E-state index contributed by atoms with van der Waals surface area (Å²) in [7, 11) is 0. The van der Waals surface area contributed by atoms with Crippen molar-refractivity contribution in [2.24, 2.45) is 0 Å². The number of benzene rings is 10. The molecule has 4 aromatic heterocycles. The maximum Gasteiger partial charge on any atom is 0.234 e. The summed E-state index contributed by atoms with van der Waals surface area (Å²) < 4.78 is 6.76. The average Bonchev–Trinajstić information content (AvgIpc) is 4.15. The summed E-state index contributed by atoms with van der Waals surface area (Å²) in [6.45, 7) is 0. The molecule has 0 bridgehead atoms. The van der Waals surface area contributed by atoms with Gasteiger partial charge in [0.15, 0.2) is 0 Å². The van der Waals surface area contributed by atoms with Crippen LogP contribution in [0.2, 0.25) is 0 Å². The Balaban J connectivity index is 1.05. The topological polar surface area (TPSA) is 52.9 Å². The second kappa shape index (κ2) is 15.6. The Bertz CT molecular complexity index is 4230. The first kappa shape index (κ1) is 38.8. The molecule has 0 N–H and O–H groups in total. The van der Waals surface area contributed by atoms with Gasteiger partial charge in [-0.1, -0.05) is 164 Å². The van der Waals surface area contributed by atoms with Crippen LogP contribution in [0.15, 0.2) is 243 Å². The van der Waals surface area contributed by atoms with Crippen LogP contribution in [0.3, 0.4) is 0 Å². The molecule has 0 aliphatic rings. The summed E-state index contributed by atoms with van der Waals surface area (Å²) in [5.74, 6) is 1.59. The van der Waals surface area contributed by atoms with E-state index in [9.17, 15) is 0 Å². The average molecular weight is 881 g/mol. The first-order valence-corrected chi connectivity index (χ1v) is 23.3. The van der Waals surface area contributed by atoms with Gasteiger partial charge in [-0.25, -0.2) is 15.0 Å². The van der Waals surface area contributed by atoms with Gasteiger partial charge in [0.1, 0.15) is 5.82 Å². The van der Waals surface area contributed by atoms with Gasteiger partial charge < -0.3 is 4.57 Å². The number of fused-ring (bicyclic) bond motifs is 10. The molecule has 0 atom stereocenters. The zero-order valence-corrected chi connectivity index (χ0v) is 37.3. The maximum atomic E-state index is 5.23. The van der Waals surface area contributed by atoms with E-state index >= 15 is 0 Å². The van der Waals surface area contributed by atoms with E-state index in [0.717, 1.165) is 67.4 Å². The van der Waals surface area contributed by atoms with Crippen molar-refractivity contribution < 1.29 is 0 Å². The van der Waals surface area contributed by atoms with Crippen LogP contribution in [0.25, 0.3) is 128 Å². The molecule has 4 heterocycles. The highest BCUT2D eigenvalue weighted by molar-refractivity contribution is 6.36. The molecule has 322 valence electrons. The van der Waals surface area contributed by atoms with Crippen LogP contribution in [0, 0.1) is 0 Å². The summed E-state index contributed by atoms with van der Waals surface area (Å²) in [6.07, 6.45) is 5.80. The normalized spacial score (nSPS) is 11.8. The minimum atomic E-state index is 0.687. The van der Waals surface area contributed by atoms with E-state index in [-0.39, 0.29) is 0 Å². The van der Waals surface area contributed by atoms with E-state index in [1.54, 1.807) is 6.20 Å². The Hall–Kier alpha value is -9.39. The van der Waals surface area contributed by atoms with Crippen molar-refractivity contribution in [3.63, 3.8) is 0 Å². The number of rotatable bonds is 7.